The van der Waals surface area contributed by atoms with Crippen LogP contribution in [0.5, 0.6) is 11.5 Å². The highest BCUT2D eigenvalue weighted by atomic mass is 79.9. The lowest BCUT2D eigenvalue weighted by Gasteiger charge is -2.17. The van der Waals surface area contributed by atoms with Gasteiger partial charge >= 0.3 is 0 Å². The lowest BCUT2D eigenvalue weighted by molar-refractivity contribution is -0.123. The van der Waals surface area contributed by atoms with Crippen molar-refractivity contribution in [1.29, 1.82) is 0 Å². The molecular weight excluding hydrogens is 358 g/mol. The van der Waals surface area contributed by atoms with Gasteiger partial charge in [0.15, 0.2) is 6.61 Å². The summed E-state index contributed by atoms with van der Waals surface area (Å²) in [4.78, 5) is 12.1. The van der Waals surface area contributed by atoms with E-state index in [4.69, 9.17) is 9.47 Å². The average Bonchev–Trinajstić information content (AvgIpc) is 2.55. The smallest absolute Gasteiger partial charge is 0.258 e. The number of hydrogen-bond donors (Lipinski definition) is 1. The number of hydrogen-bond acceptors (Lipinski definition) is 3. The molecule has 0 aliphatic carbocycles. The topological polar surface area (TPSA) is 47.6 Å². The number of nitrogens with one attached hydrogen (secondary N) is 1. The molecule has 23 heavy (non-hydrogen) atoms. The number of ether oxygens (including phenoxy) is 2. The van der Waals surface area contributed by atoms with Gasteiger partial charge in [0.1, 0.15) is 11.5 Å². The summed E-state index contributed by atoms with van der Waals surface area (Å²) in [6.07, 6.45) is 0. The first-order valence-corrected chi connectivity index (χ1v) is 8.11. The zero-order valence-corrected chi connectivity index (χ0v) is 15.0. The third-order valence-corrected chi connectivity index (χ3v) is 4.37. The van der Waals surface area contributed by atoms with Gasteiger partial charge in [-0.1, -0.05) is 34.1 Å². The first kappa shape index (κ1) is 17.3. The van der Waals surface area contributed by atoms with Crippen LogP contribution < -0.4 is 14.8 Å². The van der Waals surface area contributed by atoms with E-state index in [1.165, 1.54) is 0 Å². The summed E-state index contributed by atoms with van der Waals surface area (Å²) < 4.78 is 11.9. The van der Waals surface area contributed by atoms with E-state index in [1.54, 1.807) is 7.11 Å². The fourth-order valence-corrected chi connectivity index (χ4v) is 2.49. The molecule has 0 aromatic heterocycles. The highest BCUT2D eigenvalue weighted by molar-refractivity contribution is 9.10. The molecule has 0 fully saturated rings. The predicted molar refractivity (Wildman–Crippen MR) is 93.9 cm³/mol. The molecule has 0 spiro atoms. The molecule has 5 heteroatoms. The van der Waals surface area contributed by atoms with Gasteiger partial charge in [0.25, 0.3) is 5.91 Å². The van der Waals surface area contributed by atoms with Crippen LogP contribution in [0.15, 0.2) is 46.9 Å². The van der Waals surface area contributed by atoms with Gasteiger partial charge in [-0.3, -0.25) is 4.79 Å². The van der Waals surface area contributed by atoms with Crippen LogP contribution in [-0.4, -0.2) is 19.6 Å². The van der Waals surface area contributed by atoms with E-state index >= 15 is 0 Å². The Morgan fingerprint density at radius 3 is 2.70 bits per heavy atom. The highest BCUT2D eigenvalue weighted by Crippen LogP contribution is 2.24. The largest absolute Gasteiger partial charge is 0.496 e. The monoisotopic (exact) mass is 377 g/mol. The van der Waals surface area contributed by atoms with E-state index in [0.717, 1.165) is 21.3 Å². The van der Waals surface area contributed by atoms with Crippen molar-refractivity contribution in [3.63, 3.8) is 0 Å². The van der Waals surface area contributed by atoms with Crippen molar-refractivity contribution in [2.45, 2.75) is 19.9 Å². The van der Waals surface area contributed by atoms with Crippen molar-refractivity contribution in [1.82, 2.24) is 5.32 Å². The number of halogens is 1. The Morgan fingerprint density at radius 1 is 1.26 bits per heavy atom. The second-order valence-electron chi connectivity index (χ2n) is 5.23. The number of benzene rings is 2. The molecule has 2 aromatic rings. The normalized spacial score (nSPS) is 11.7. The van der Waals surface area contributed by atoms with Crippen molar-refractivity contribution in [2.75, 3.05) is 13.7 Å². The summed E-state index contributed by atoms with van der Waals surface area (Å²) in [5, 5.41) is 2.91. The Balaban J connectivity index is 1.92. The van der Waals surface area contributed by atoms with Crippen LogP contribution in [0.3, 0.4) is 0 Å². The second-order valence-corrected chi connectivity index (χ2v) is 6.09. The maximum Gasteiger partial charge on any atom is 0.258 e. The maximum atomic E-state index is 12.1. The minimum absolute atomic E-state index is 0.0272. The van der Waals surface area contributed by atoms with Crippen molar-refractivity contribution < 1.29 is 14.3 Å². The van der Waals surface area contributed by atoms with E-state index in [0.29, 0.717) is 5.75 Å². The minimum atomic E-state index is -0.177. The fraction of sp³-hybridized carbons (Fsp3) is 0.278. The Labute approximate surface area is 144 Å². The van der Waals surface area contributed by atoms with Crippen molar-refractivity contribution in [3.8, 4) is 11.5 Å². The molecule has 2 aromatic carbocycles. The Morgan fingerprint density at radius 2 is 2.00 bits per heavy atom. The van der Waals surface area contributed by atoms with Gasteiger partial charge < -0.3 is 14.8 Å². The predicted octanol–water partition coefficient (Wildman–Crippen LogP) is 4.02. The Bertz CT molecular complexity index is 688. The lowest BCUT2D eigenvalue weighted by Crippen LogP contribution is -2.31. The Kier molecular flexibility index (Phi) is 6.04. The van der Waals surface area contributed by atoms with Crippen LogP contribution in [0, 0.1) is 6.92 Å². The van der Waals surface area contributed by atoms with Crippen LogP contribution in [0.1, 0.15) is 24.1 Å². The van der Waals surface area contributed by atoms with Crippen LogP contribution in [0.2, 0.25) is 0 Å². The summed E-state index contributed by atoms with van der Waals surface area (Å²) in [6.45, 7) is 3.86. The van der Waals surface area contributed by atoms with E-state index in [1.807, 2.05) is 56.3 Å². The van der Waals surface area contributed by atoms with Gasteiger partial charge in [0.2, 0.25) is 0 Å². The average molecular weight is 378 g/mol. The van der Waals surface area contributed by atoms with Crippen molar-refractivity contribution in [3.05, 3.63) is 58.1 Å². The maximum absolute atomic E-state index is 12.1. The number of amides is 1. The molecule has 4 nitrogen and oxygen atoms in total. The molecular formula is C18H20BrNO3. The number of methoxy groups -OCH3 is 1. The van der Waals surface area contributed by atoms with E-state index < -0.39 is 0 Å². The van der Waals surface area contributed by atoms with Gasteiger partial charge in [0.05, 0.1) is 13.2 Å². The van der Waals surface area contributed by atoms with Crippen LogP contribution in [-0.2, 0) is 4.79 Å². The zero-order chi connectivity index (χ0) is 16.8. The van der Waals surface area contributed by atoms with E-state index in [2.05, 4.69) is 21.2 Å². The molecule has 1 atom stereocenters. The van der Waals surface area contributed by atoms with Crippen LogP contribution >= 0.6 is 15.9 Å². The molecule has 2 rings (SSSR count). The molecule has 0 saturated carbocycles. The Hall–Kier alpha value is -2.01. The molecule has 0 aliphatic heterocycles. The molecule has 122 valence electrons. The summed E-state index contributed by atoms with van der Waals surface area (Å²) in [5.74, 6) is 1.25. The third kappa shape index (κ3) is 4.73. The zero-order valence-electron chi connectivity index (χ0n) is 13.4. The van der Waals surface area contributed by atoms with Gasteiger partial charge in [-0.2, -0.15) is 0 Å². The molecule has 0 heterocycles. The van der Waals surface area contributed by atoms with Crippen LogP contribution in [0.25, 0.3) is 0 Å². The fourth-order valence-electron chi connectivity index (χ4n) is 2.24. The molecule has 0 radical (unpaired) electrons. The van der Waals surface area contributed by atoms with Gasteiger partial charge in [-0.15, -0.1) is 0 Å². The highest BCUT2D eigenvalue weighted by Gasteiger charge is 2.14. The van der Waals surface area contributed by atoms with Crippen LogP contribution in [0.4, 0.5) is 0 Å². The molecule has 0 bridgehead atoms. The standard InChI is InChI=1S/C18H20BrNO3/c1-12-10-14(8-9-16(12)19)23-11-18(21)20-13(2)15-6-4-5-7-17(15)22-3/h4-10,13H,11H2,1-3H3,(H,20,21). The number of aryl methyl sites for hydroxylation is 1. The molecule has 1 amide bonds. The first-order chi connectivity index (χ1) is 11.0. The van der Waals surface area contributed by atoms with Crippen molar-refractivity contribution >= 4 is 21.8 Å². The summed E-state index contributed by atoms with van der Waals surface area (Å²) in [6, 6.07) is 13.1. The molecule has 1 N–H and O–H groups in total. The summed E-state index contributed by atoms with van der Waals surface area (Å²) >= 11 is 3.43. The number of para-hydroxylation sites is 1. The van der Waals surface area contributed by atoms with Gasteiger partial charge in [-0.25, -0.2) is 0 Å². The SMILES string of the molecule is COc1ccccc1C(C)NC(=O)COc1ccc(Br)c(C)c1. The minimum Gasteiger partial charge on any atom is -0.496 e. The second kappa shape index (κ2) is 8.02. The molecule has 0 aliphatic rings. The number of carbonyl (C=O) groups excluding carboxylic acids is 1. The number of rotatable bonds is 6. The lowest BCUT2D eigenvalue weighted by atomic mass is 10.1. The molecule has 0 saturated heterocycles. The van der Waals surface area contributed by atoms with Crippen molar-refractivity contribution in [2.24, 2.45) is 0 Å². The van der Waals surface area contributed by atoms with Gasteiger partial charge in [-0.05, 0) is 43.7 Å². The number of carbonyl (C=O) groups is 1. The van der Waals surface area contributed by atoms with Gasteiger partial charge in [0, 0.05) is 10.0 Å². The van der Waals surface area contributed by atoms with E-state index in [-0.39, 0.29) is 18.6 Å². The van der Waals surface area contributed by atoms with E-state index in [9.17, 15) is 4.79 Å². The first-order valence-electron chi connectivity index (χ1n) is 7.32. The molecule has 1 unspecified atom stereocenters. The quantitative estimate of drug-likeness (QED) is 0.826. The summed E-state index contributed by atoms with van der Waals surface area (Å²) in [7, 11) is 1.62. The summed E-state index contributed by atoms with van der Waals surface area (Å²) in [5.41, 5.74) is 1.99. The third-order valence-electron chi connectivity index (χ3n) is 3.48.